The summed E-state index contributed by atoms with van der Waals surface area (Å²) in [7, 11) is 0. The van der Waals surface area contributed by atoms with Gasteiger partial charge in [-0.05, 0) is 43.5 Å². The zero-order chi connectivity index (χ0) is 11.4. The Balaban J connectivity index is 1.87. The predicted octanol–water partition coefficient (Wildman–Crippen LogP) is 0.758. The summed E-state index contributed by atoms with van der Waals surface area (Å²) in [5.41, 5.74) is 2.24. The molecule has 2 heterocycles. The molecule has 0 radical (unpaired) electrons. The summed E-state index contributed by atoms with van der Waals surface area (Å²) >= 11 is 0. The Morgan fingerprint density at radius 2 is 2.56 bits per heavy atom. The SMILES string of the molecule is Cc1ccncc1CNC(=O)[C@@H]1CCCN1. The van der Waals surface area contributed by atoms with E-state index >= 15 is 0 Å². The molecule has 1 aliphatic rings. The van der Waals surface area contributed by atoms with Gasteiger partial charge in [-0.1, -0.05) is 0 Å². The number of carbonyl (C=O) groups excluding carboxylic acids is 1. The molecule has 86 valence electrons. The summed E-state index contributed by atoms with van der Waals surface area (Å²) in [6.45, 7) is 3.54. The lowest BCUT2D eigenvalue weighted by molar-refractivity contribution is -0.122. The topological polar surface area (TPSA) is 54.0 Å². The van der Waals surface area contributed by atoms with Gasteiger partial charge in [0.1, 0.15) is 0 Å². The van der Waals surface area contributed by atoms with Crippen molar-refractivity contribution in [3.8, 4) is 0 Å². The van der Waals surface area contributed by atoms with Crippen LogP contribution in [0.25, 0.3) is 0 Å². The minimum Gasteiger partial charge on any atom is -0.351 e. The van der Waals surface area contributed by atoms with E-state index in [2.05, 4.69) is 15.6 Å². The third kappa shape index (κ3) is 2.58. The van der Waals surface area contributed by atoms with Gasteiger partial charge in [-0.25, -0.2) is 0 Å². The number of carbonyl (C=O) groups is 1. The first kappa shape index (κ1) is 11.1. The number of hydrogen-bond donors (Lipinski definition) is 2. The van der Waals surface area contributed by atoms with Crippen molar-refractivity contribution in [1.82, 2.24) is 15.6 Å². The zero-order valence-corrected chi connectivity index (χ0v) is 9.49. The molecule has 4 heteroatoms. The van der Waals surface area contributed by atoms with Crippen LogP contribution in [0.4, 0.5) is 0 Å². The minimum atomic E-state index is -0.00280. The summed E-state index contributed by atoms with van der Waals surface area (Å²) in [6, 6.07) is 1.95. The first-order valence-corrected chi connectivity index (χ1v) is 5.68. The lowest BCUT2D eigenvalue weighted by Crippen LogP contribution is -2.40. The smallest absolute Gasteiger partial charge is 0.237 e. The third-order valence-corrected chi connectivity index (χ3v) is 2.98. The van der Waals surface area contributed by atoms with Crippen molar-refractivity contribution in [3.05, 3.63) is 29.6 Å². The van der Waals surface area contributed by atoms with Crippen LogP contribution in [-0.4, -0.2) is 23.5 Å². The average Bonchev–Trinajstić information content (AvgIpc) is 2.81. The van der Waals surface area contributed by atoms with E-state index < -0.39 is 0 Å². The van der Waals surface area contributed by atoms with Gasteiger partial charge in [-0.15, -0.1) is 0 Å². The molecule has 1 aliphatic heterocycles. The van der Waals surface area contributed by atoms with Crippen LogP contribution in [0.1, 0.15) is 24.0 Å². The lowest BCUT2D eigenvalue weighted by Gasteiger charge is -2.11. The Morgan fingerprint density at radius 3 is 3.25 bits per heavy atom. The third-order valence-electron chi connectivity index (χ3n) is 2.98. The Kier molecular flexibility index (Phi) is 3.51. The summed E-state index contributed by atoms with van der Waals surface area (Å²) < 4.78 is 0. The quantitative estimate of drug-likeness (QED) is 0.789. The van der Waals surface area contributed by atoms with Gasteiger partial charge in [-0.2, -0.15) is 0 Å². The highest BCUT2D eigenvalue weighted by Gasteiger charge is 2.21. The van der Waals surface area contributed by atoms with E-state index in [0.29, 0.717) is 6.54 Å². The molecule has 2 N–H and O–H groups in total. The Labute approximate surface area is 95.5 Å². The highest BCUT2D eigenvalue weighted by Crippen LogP contribution is 2.07. The highest BCUT2D eigenvalue weighted by atomic mass is 16.2. The van der Waals surface area contributed by atoms with E-state index in [0.717, 1.165) is 30.5 Å². The molecule has 1 aromatic heterocycles. The first-order chi connectivity index (χ1) is 7.77. The van der Waals surface area contributed by atoms with Crippen LogP contribution in [0.2, 0.25) is 0 Å². The maximum atomic E-state index is 11.7. The summed E-state index contributed by atoms with van der Waals surface area (Å²) in [5, 5.41) is 6.12. The molecule has 0 saturated carbocycles. The van der Waals surface area contributed by atoms with Crippen molar-refractivity contribution in [1.29, 1.82) is 0 Å². The first-order valence-electron chi connectivity index (χ1n) is 5.68. The second-order valence-electron chi connectivity index (χ2n) is 4.17. The van der Waals surface area contributed by atoms with Crippen LogP contribution in [-0.2, 0) is 11.3 Å². The fraction of sp³-hybridized carbons (Fsp3) is 0.500. The number of nitrogens with one attached hydrogen (secondary N) is 2. The van der Waals surface area contributed by atoms with Crippen molar-refractivity contribution in [2.24, 2.45) is 0 Å². The molecule has 1 aromatic rings. The maximum Gasteiger partial charge on any atom is 0.237 e. The number of aromatic nitrogens is 1. The number of rotatable bonds is 3. The zero-order valence-electron chi connectivity index (χ0n) is 9.49. The van der Waals surface area contributed by atoms with E-state index in [1.807, 2.05) is 13.0 Å². The number of pyridine rings is 1. The summed E-state index contributed by atoms with van der Waals surface area (Å²) in [4.78, 5) is 15.8. The molecule has 1 amide bonds. The average molecular weight is 219 g/mol. The summed E-state index contributed by atoms with van der Waals surface area (Å²) in [6.07, 6.45) is 5.60. The number of hydrogen-bond acceptors (Lipinski definition) is 3. The second kappa shape index (κ2) is 5.07. The van der Waals surface area contributed by atoms with E-state index in [4.69, 9.17) is 0 Å². The van der Waals surface area contributed by atoms with Gasteiger partial charge in [0.05, 0.1) is 6.04 Å². The largest absolute Gasteiger partial charge is 0.351 e. The molecule has 1 fully saturated rings. The standard InChI is InChI=1S/C12H17N3O/c1-9-4-6-13-7-10(9)8-15-12(16)11-3-2-5-14-11/h4,6-7,11,14H,2-3,5,8H2,1H3,(H,15,16)/t11-/m0/s1. The van der Waals surface area contributed by atoms with E-state index in [-0.39, 0.29) is 11.9 Å². The van der Waals surface area contributed by atoms with Crippen molar-refractivity contribution in [3.63, 3.8) is 0 Å². The van der Waals surface area contributed by atoms with E-state index in [1.165, 1.54) is 0 Å². The van der Waals surface area contributed by atoms with Gasteiger partial charge in [0.15, 0.2) is 0 Å². The van der Waals surface area contributed by atoms with Gasteiger partial charge in [0.2, 0.25) is 5.91 Å². The highest BCUT2D eigenvalue weighted by molar-refractivity contribution is 5.81. The maximum absolute atomic E-state index is 11.7. The molecule has 0 unspecified atom stereocenters. The normalized spacial score (nSPS) is 19.7. The molecule has 1 atom stereocenters. The lowest BCUT2D eigenvalue weighted by atomic mass is 10.1. The van der Waals surface area contributed by atoms with Crippen LogP contribution < -0.4 is 10.6 Å². The molecular formula is C12H17N3O. The van der Waals surface area contributed by atoms with Crippen LogP contribution >= 0.6 is 0 Å². The van der Waals surface area contributed by atoms with Crippen molar-refractivity contribution in [2.75, 3.05) is 6.54 Å². The molecular weight excluding hydrogens is 202 g/mol. The Morgan fingerprint density at radius 1 is 1.69 bits per heavy atom. The molecule has 0 spiro atoms. The Hall–Kier alpha value is -1.42. The van der Waals surface area contributed by atoms with Gasteiger partial charge in [0.25, 0.3) is 0 Å². The van der Waals surface area contributed by atoms with Crippen LogP contribution in [0.5, 0.6) is 0 Å². The molecule has 2 rings (SSSR count). The van der Waals surface area contributed by atoms with Crippen molar-refractivity contribution in [2.45, 2.75) is 32.4 Å². The fourth-order valence-corrected chi connectivity index (χ4v) is 1.90. The van der Waals surface area contributed by atoms with Gasteiger partial charge < -0.3 is 10.6 Å². The molecule has 16 heavy (non-hydrogen) atoms. The summed E-state index contributed by atoms with van der Waals surface area (Å²) in [5.74, 6) is 0.0979. The van der Waals surface area contributed by atoms with E-state index in [1.54, 1.807) is 12.4 Å². The second-order valence-corrected chi connectivity index (χ2v) is 4.17. The van der Waals surface area contributed by atoms with Gasteiger partial charge in [0, 0.05) is 18.9 Å². The molecule has 0 aliphatic carbocycles. The number of nitrogens with zero attached hydrogens (tertiary/aromatic N) is 1. The van der Waals surface area contributed by atoms with Crippen LogP contribution in [0.3, 0.4) is 0 Å². The fourth-order valence-electron chi connectivity index (χ4n) is 1.90. The van der Waals surface area contributed by atoms with E-state index in [9.17, 15) is 4.79 Å². The van der Waals surface area contributed by atoms with Crippen molar-refractivity contribution >= 4 is 5.91 Å². The van der Waals surface area contributed by atoms with Crippen LogP contribution in [0, 0.1) is 6.92 Å². The molecule has 1 saturated heterocycles. The predicted molar refractivity (Wildman–Crippen MR) is 61.8 cm³/mol. The monoisotopic (exact) mass is 219 g/mol. The van der Waals surface area contributed by atoms with Crippen molar-refractivity contribution < 1.29 is 4.79 Å². The van der Waals surface area contributed by atoms with Crippen LogP contribution in [0.15, 0.2) is 18.5 Å². The van der Waals surface area contributed by atoms with Gasteiger partial charge in [-0.3, -0.25) is 9.78 Å². The molecule has 0 aromatic carbocycles. The Bertz CT molecular complexity index is 372. The molecule has 4 nitrogen and oxygen atoms in total. The number of aryl methyl sites for hydroxylation is 1. The molecule has 0 bridgehead atoms. The van der Waals surface area contributed by atoms with Gasteiger partial charge >= 0.3 is 0 Å². The minimum absolute atomic E-state index is 0.00280. The number of amides is 1.